The third-order valence-electron chi connectivity index (χ3n) is 7.45. The van der Waals surface area contributed by atoms with E-state index >= 15 is 0 Å². The van der Waals surface area contributed by atoms with Crippen LogP contribution in [0.2, 0.25) is 0 Å². The molecule has 1 spiro atoms. The lowest BCUT2D eigenvalue weighted by molar-refractivity contribution is -0.127. The van der Waals surface area contributed by atoms with Crippen molar-refractivity contribution in [2.45, 2.75) is 75.7 Å². The molecule has 0 aromatic heterocycles. The molecule has 1 aromatic rings. The van der Waals surface area contributed by atoms with E-state index in [0.29, 0.717) is 25.3 Å². The normalized spacial score (nSPS) is 22.7. The Labute approximate surface area is 186 Å². The number of nitrogens with one attached hydrogen (secondary N) is 1. The van der Waals surface area contributed by atoms with E-state index in [4.69, 9.17) is 4.74 Å². The first-order valence-electron chi connectivity index (χ1n) is 12.0. The molecule has 1 heterocycles. The second-order valence-corrected chi connectivity index (χ2v) is 9.28. The largest absolute Gasteiger partial charge is 0.383 e. The number of benzene rings is 1. The summed E-state index contributed by atoms with van der Waals surface area (Å²) in [5.74, 6) is -0.203. The van der Waals surface area contributed by atoms with Crippen molar-refractivity contribution in [2.75, 3.05) is 26.8 Å². The van der Waals surface area contributed by atoms with Gasteiger partial charge in [-0.3, -0.25) is 9.59 Å². The third-order valence-corrected chi connectivity index (χ3v) is 7.45. The molecule has 0 saturated heterocycles. The summed E-state index contributed by atoms with van der Waals surface area (Å²) in [7, 11) is 1.67. The van der Waals surface area contributed by atoms with Crippen LogP contribution in [0.15, 0.2) is 35.9 Å². The Hall–Kier alpha value is -2.14. The molecule has 1 aliphatic heterocycles. The molecule has 3 aliphatic rings. The number of hydrogen-bond donors (Lipinski definition) is 1. The van der Waals surface area contributed by atoms with Gasteiger partial charge in [0.25, 0.3) is 5.91 Å². The lowest BCUT2D eigenvalue weighted by atomic mass is 9.65. The fourth-order valence-electron chi connectivity index (χ4n) is 5.93. The average molecular weight is 425 g/mol. The number of nitrogens with zero attached hydrogens (tertiary/aromatic N) is 1. The van der Waals surface area contributed by atoms with Crippen molar-refractivity contribution in [3.8, 4) is 0 Å². The van der Waals surface area contributed by atoms with Crippen molar-refractivity contribution < 1.29 is 14.3 Å². The van der Waals surface area contributed by atoms with Crippen molar-refractivity contribution in [3.63, 3.8) is 0 Å². The Kier molecular flexibility index (Phi) is 7.11. The van der Waals surface area contributed by atoms with Crippen LogP contribution in [0.25, 0.3) is 0 Å². The van der Waals surface area contributed by atoms with E-state index in [9.17, 15) is 9.59 Å². The van der Waals surface area contributed by atoms with Crippen molar-refractivity contribution in [2.24, 2.45) is 0 Å². The second kappa shape index (κ2) is 9.99. The number of hydrogen-bond acceptors (Lipinski definition) is 3. The first-order chi connectivity index (χ1) is 15.2. The van der Waals surface area contributed by atoms with E-state index in [0.717, 1.165) is 50.5 Å². The molecule has 0 bridgehead atoms. The van der Waals surface area contributed by atoms with Gasteiger partial charge in [0.2, 0.25) is 5.91 Å². The Morgan fingerprint density at radius 3 is 2.71 bits per heavy atom. The van der Waals surface area contributed by atoms with Gasteiger partial charge in [0.1, 0.15) is 0 Å². The van der Waals surface area contributed by atoms with Crippen LogP contribution in [0.4, 0.5) is 0 Å². The molecule has 5 heteroatoms. The van der Waals surface area contributed by atoms with Crippen LogP contribution in [0.3, 0.4) is 0 Å². The highest BCUT2D eigenvalue weighted by atomic mass is 16.5. The average Bonchev–Trinajstić information content (AvgIpc) is 2.80. The summed E-state index contributed by atoms with van der Waals surface area (Å²) >= 11 is 0. The standard InChI is InChI=1S/C26H36N2O3/c1-31-19-18-28-25(30)22-13-7-6-12-21(22)23(26(28)15-8-3-9-16-26)24(29)27-17-14-20-10-4-2-5-11-20/h6-7,10,12-13,23H,2-5,8-9,11,14-19H2,1H3,(H,27,29). The number of rotatable bonds is 7. The number of fused-ring (bicyclic) bond motifs is 1. The van der Waals surface area contributed by atoms with Crippen LogP contribution in [0, 0.1) is 0 Å². The van der Waals surface area contributed by atoms with Gasteiger partial charge in [-0.15, -0.1) is 0 Å². The van der Waals surface area contributed by atoms with Crippen LogP contribution in [-0.4, -0.2) is 49.1 Å². The zero-order valence-corrected chi connectivity index (χ0v) is 18.8. The van der Waals surface area contributed by atoms with Gasteiger partial charge in [0.15, 0.2) is 0 Å². The SMILES string of the molecule is COCCN1C(=O)c2ccccc2C(C(=O)NCCC2=CCCCC2)C12CCCCC2. The molecule has 2 amide bonds. The summed E-state index contributed by atoms with van der Waals surface area (Å²) in [6, 6.07) is 7.72. The quantitative estimate of drug-likeness (QED) is 0.652. The molecule has 1 N–H and O–H groups in total. The zero-order chi connectivity index (χ0) is 21.7. The van der Waals surface area contributed by atoms with Gasteiger partial charge in [-0.1, -0.05) is 49.1 Å². The number of amides is 2. The minimum absolute atomic E-state index is 0.0472. The molecule has 4 rings (SSSR count). The summed E-state index contributed by atoms with van der Waals surface area (Å²) < 4.78 is 5.34. The van der Waals surface area contributed by atoms with E-state index in [-0.39, 0.29) is 17.7 Å². The highest BCUT2D eigenvalue weighted by Crippen LogP contribution is 2.49. The monoisotopic (exact) mass is 424 g/mol. The third kappa shape index (κ3) is 4.43. The molecule has 5 nitrogen and oxygen atoms in total. The van der Waals surface area contributed by atoms with E-state index in [1.165, 1.54) is 24.8 Å². The van der Waals surface area contributed by atoms with Crippen LogP contribution < -0.4 is 5.32 Å². The molecule has 168 valence electrons. The van der Waals surface area contributed by atoms with Crippen LogP contribution in [0.5, 0.6) is 0 Å². The fraction of sp³-hybridized carbons (Fsp3) is 0.615. The topological polar surface area (TPSA) is 58.6 Å². The molecule has 1 saturated carbocycles. The Balaban J connectivity index is 1.62. The van der Waals surface area contributed by atoms with E-state index in [1.807, 2.05) is 29.2 Å². The van der Waals surface area contributed by atoms with Crippen LogP contribution in [-0.2, 0) is 9.53 Å². The van der Waals surface area contributed by atoms with Gasteiger partial charge >= 0.3 is 0 Å². The Bertz CT molecular complexity index is 826. The second-order valence-electron chi connectivity index (χ2n) is 9.28. The molecule has 0 radical (unpaired) electrons. The first-order valence-corrected chi connectivity index (χ1v) is 12.0. The minimum atomic E-state index is -0.448. The smallest absolute Gasteiger partial charge is 0.254 e. The first kappa shape index (κ1) is 22.1. The van der Waals surface area contributed by atoms with Crippen molar-refractivity contribution >= 4 is 11.8 Å². The predicted molar refractivity (Wildman–Crippen MR) is 122 cm³/mol. The van der Waals surface area contributed by atoms with Gasteiger partial charge in [0, 0.05) is 25.8 Å². The minimum Gasteiger partial charge on any atom is -0.383 e. The van der Waals surface area contributed by atoms with Gasteiger partial charge in [0.05, 0.1) is 18.1 Å². The summed E-state index contributed by atoms with van der Waals surface area (Å²) in [4.78, 5) is 29.2. The molecule has 1 aromatic carbocycles. The molecular formula is C26H36N2O3. The molecule has 2 aliphatic carbocycles. The predicted octanol–water partition coefficient (Wildman–Crippen LogP) is 4.58. The zero-order valence-electron chi connectivity index (χ0n) is 18.8. The van der Waals surface area contributed by atoms with Gasteiger partial charge in [-0.25, -0.2) is 0 Å². The Morgan fingerprint density at radius 1 is 1.16 bits per heavy atom. The lowest BCUT2D eigenvalue weighted by Crippen LogP contribution is -2.63. The van der Waals surface area contributed by atoms with E-state index < -0.39 is 5.54 Å². The molecule has 1 fully saturated rings. The maximum Gasteiger partial charge on any atom is 0.254 e. The number of allylic oxidation sites excluding steroid dienone is 1. The van der Waals surface area contributed by atoms with Crippen molar-refractivity contribution in [1.29, 1.82) is 0 Å². The summed E-state index contributed by atoms with van der Waals surface area (Å²) in [6.07, 6.45) is 13.2. The highest BCUT2D eigenvalue weighted by molar-refractivity contribution is 6.02. The highest BCUT2D eigenvalue weighted by Gasteiger charge is 2.54. The maximum atomic E-state index is 13.7. The molecular weight excluding hydrogens is 388 g/mol. The van der Waals surface area contributed by atoms with Crippen LogP contribution >= 0.6 is 0 Å². The summed E-state index contributed by atoms with van der Waals surface area (Å²) in [6.45, 7) is 1.68. The van der Waals surface area contributed by atoms with E-state index in [2.05, 4.69) is 11.4 Å². The van der Waals surface area contributed by atoms with Crippen LogP contribution in [0.1, 0.15) is 86.0 Å². The fourth-order valence-corrected chi connectivity index (χ4v) is 5.93. The van der Waals surface area contributed by atoms with Crippen molar-refractivity contribution in [1.82, 2.24) is 10.2 Å². The van der Waals surface area contributed by atoms with Gasteiger partial charge < -0.3 is 15.0 Å². The van der Waals surface area contributed by atoms with E-state index in [1.54, 1.807) is 7.11 Å². The lowest BCUT2D eigenvalue weighted by Gasteiger charge is -2.53. The Morgan fingerprint density at radius 2 is 1.97 bits per heavy atom. The number of ether oxygens (including phenoxy) is 1. The molecule has 1 atom stereocenters. The molecule has 1 unspecified atom stereocenters. The number of carbonyl (C=O) groups excluding carboxylic acids is 2. The number of methoxy groups -OCH3 is 1. The van der Waals surface area contributed by atoms with Crippen molar-refractivity contribution in [3.05, 3.63) is 47.0 Å². The van der Waals surface area contributed by atoms with Gasteiger partial charge in [-0.05, 0) is 56.6 Å². The number of carbonyl (C=O) groups is 2. The molecule has 31 heavy (non-hydrogen) atoms. The summed E-state index contributed by atoms with van der Waals surface area (Å²) in [5.41, 5.74) is 2.60. The maximum absolute atomic E-state index is 13.7. The van der Waals surface area contributed by atoms with Gasteiger partial charge in [-0.2, -0.15) is 0 Å². The summed E-state index contributed by atoms with van der Waals surface area (Å²) in [5, 5.41) is 3.25.